The van der Waals surface area contributed by atoms with Crippen molar-refractivity contribution in [3.05, 3.63) is 0 Å². The highest BCUT2D eigenvalue weighted by Crippen LogP contribution is 2.35. The van der Waals surface area contributed by atoms with E-state index in [1.54, 1.807) is 0 Å². The molecule has 2 saturated heterocycles. The summed E-state index contributed by atoms with van der Waals surface area (Å²) in [5.74, 6) is 3.93. The number of carbonyl (C=O) groups is 2. The van der Waals surface area contributed by atoms with Crippen LogP contribution in [0.2, 0.25) is 0 Å². The Bertz CT molecular complexity index is 311. The van der Waals surface area contributed by atoms with Crippen molar-refractivity contribution in [2.24, 2.45) is 17.8 Å². The minimum atomic E-state index is -0.146. The van der Waals surface area contributed by atoms with E-state index in [1.165, 1.54) is 12.2 Å². The van der Waals surface area contributed by atoms with Crippen LogP contribution in [0.15, 0.2) is 0 Å². The maximum atomic E-state index is 11.4. The molecule has 2 aliphatic heterocycles. The highest BCUT2D eigenvalue weighted by Gasteiger charge is 2.48. The molecule has 0 aromatic carbocycles. The van der Waals surface area contributed by atoms with Gasteiger partial charge >= 0.3 is 11.9 Å². The Balaban J connectivity index is 1.71. The molecule has 2 aliphatic rings. The standard InChI is InChI=1S/C13H20O4S2/c1-2-18-4-3-5-19-8-11(9-6-16-12(9)14)10-7-17-13(10)15/h9-11H,2-8H2,1H3. The third kappa shape index (κ3) is 3.81. The molecule has 0 spiro atoms. The molecule has 2 heterocycles. The molecule has 2 fully saturated rings. The molecule has 0 bridgehead atoms. The maximum absolute atomic E-state index is 11.4. The lowest BCUT2D eigenvalue weighted by atomic mass is 9.80. The van der Waals surface area contributed by atoms with Crippen LogP contribution in [0.1, 0.15) is 13.3 Å². The van der Waals surface area contributed by atoms with E-state index in [4.69, 9.17) is 9.47 Å². The molecule has 6 heteroatoms. The summed E-state index contributed by atoms with van der Waals surface area (Å²) in [6.45, 7) is 3.11. The van der Waals surface area contributed by atoms with Gasteiger partial charge < -0.3 is 9.47 Å². The summed E-state index contributed by atoms with van der Waals surface area (Å²) in [5.41, 5.74) is 0. The SMILES string of the molecule is CCSCCCSCC(C1COC1=O)C1COC1=O. The van der Waals surface area contributed by atoms with Crippen molar-refractivity contribution >= 4 is 35.5 Å². The first-order valence-electron chi connectivity index (χ1n) is 6.72. The fourth-order valence-electron chi connectivity index (χ4n) is 2.23. The van der Waals surface area contributed by atoms with Gasteiger partial charge in [0.25, 0.3) is 0 Å². The summed E-state index contributed by atoms with van der Waals surface area (Å²) in [6, 6.07) is 0. The Morgan fingerprint density at radius 3 is 2.11 bits per heavy atom. The molecule has 0 aliphatic carbocycles. The lowest BCUT2D eigenvalue weighted by Crippen LogP contribution is -2.51. The predicted octanol–water partition coefficient (Wildman–Crippen LogP) is 1.82. The molecule has 0 radical (unpaired) electrons. The lowest BCUT2D eigenvalue weighted by Gasteiger charge is -2.39. The number of cyclic esters (lactones) is 2. The molecule has 0 N–H and O–H groups in total. The second-order valence-corrected chi connectivity index (χ2v) is 7.31. The number of thioether (sulfide) groups is 2. The van der Waals surface area contributed by atoms with E-state index < -0.39 is 0 Å². The van der Waals surface area contributed by atoms with Crippen molar-refractivity contribution in [2.45, 2.75) is 13.3 Å². The largest absolute Gasteiger partial charge is 0.464 e. The van der Waals surface area contributed by atoms with Gasteiger partial charge in [-0.3, -0.25) is 9.59 Å². The number of esters is 2. The smallest absolute Gasteiger partial charge is 0.312 e. The molecule has 2 unspecified atom stereocenters. The van der Waals surface area contributed by atoms with Crippen LogP contribution in [0.4, 0.5) is 0 Å². The van der Waals surface area contributed by atoms with Crippen molar-refractivity contribution in [1.82, 2.24) is 0 Å². The van der Waals surface area contributed by atoms with E-state index in [2.05, 4.69) is 6.92 Å². The highest BCUT2D eigenvalue weighted by atomic mass is 32.2. The van der Waals surface area contributed by atoms with Crippen LogP contribution in [-0.4, -0.2) is 48.2 Å². The van der Waals surface area contributed by atoms with E-state index in [9.17, 15) is 9.59 Å². The molecular formula is C13H20O4S2. The number of hydrogen-bond donors (Lipinski definition) is 0. The molecule has 0 aromatic heterocycles. The first-order valence-corrected chi connectivity index (χ1v) is 9.03. The molecule has 2 atom stereocenters. The molecular weight excluding hydrogens is 284 g/mol. The topological polar surface area (TPSA) is 52.6 Å². The zero-order valence-corrected chi connectivity index (χ0v) is 12.8. The molecule has 0 aromatic rings. The summed E-state index contributed by atoms with van der Waals surface area (Å²) < 4.78 is 9.67. The van der Waals surface area contributed by atoms with Crippen molar-refractivity contribution < 1.29 is 19.1 Å². The average Bonchev–Trinajstić information content (AvgIpc) is 2.39. The van der Waals surface area contributed by atoms with Crippen LogP contribution < -0.4 is 0 Å². The number of hydrogen-bond acceptors (Lipinski definition) is 6. The number of carbonyl (C=O) groups excluding carboxylic acids is 2. The summed E-state index contributed by atoms with van der Waals surface area (Å²) in [6.07, 6.45) is 1.18. The zero-order chi connectivity index (χ0) is 13.7. The maximum Gasteiger partial charge on any atom is 0.312 e. The van der Waals surface area contributed by atoms with Crippen LogP contribution in [0, 0.1) is 17.8 Å². The third-order valence-corrected chi connectivity index (χ3v) is 5.72. The summed E-state index contributed by atoms with van der Waals surface area (Å²) in [4.78, 5) is 22.8. The Kier molecular flexibility index (Phi) is 5.88. The van der Waals surface area contributed by atoms with Crippen molar-refractivity contribution in [2.75, 3.05) is 36.2 Å². The van der Waals surface area contributed by atoms with Gasteiger partial charge in [0.2, 0.25) is 0 Å². The third-order valence-electron chi connectivity index (χ3n) is 3.54. The second-order valence-electron chi connectivity index (χ2n) is 4.76. The van der Waals surface area contributed by atoms with Gasteiger partial charge in [0, 0.05) is 5.92 Å². The van der Waals surface area contributed by atoms with Crippen LogP contribution in [0.5, 0.6) is 0 Å². The van der Waals surface area contributed by atoms with Crippen molar-refractivity contribution in [3.8, 4) is 0 Å². The average molecular weight is 304 g/mol. The highest BCUT2D eigenvalue weighted by molar-refractivity contribution is 8.00. The zero-order valence-electron chi connectivity index (χ0n) is 11.1. The van der Waals surface area contributed by atoms with Crippen LogP contribution in [0.3, 0.4) is 0 Å². The summed E-state index contributed by atoms with van der Waals surface area (Å²) in [5, 5.41) is 0. The Hall–Kier alpha value is -0.360. The van der Waals surface area contributed by atoms with E-state index >= 15 is 0 Å². The van der Waals surface area contributed by atoms with Crippen molar-refractivity contribution in [3.63, 3.8) is 0 Å². The fraction of sp³-hybridized carbons (Fsp3) is 0.846. The normalized spacial score (nSPS) is 27.0. The van der Waals surface area contributed by atoms with Gasteiger partial charge in [0.1, 0.15) is 13.2 Å². The molecule has 0 saturated carbocycles. The van der Waals surface area contributed by atoms with Crippen molar-refractivity contribution in [1.29, 1.82) is 0 Å². The Morgan fingerprint density at radius 2 is 1.68 bits per heavy atom. The molecule has 2 rings (SSSR count). The van der Waals surface area contributed by atoms with Gasteiger partial charge in [-0.2, -0.15) is 23.5 Å². The van der Waals surface area contributed by atoms with Gasteiger partial charge in [-0.1, -0.05) is 6.92 Å². The minimum absolute atomic E-state index is 0.0876. The number of ether oxygens (including phenoxy) is 2. The number of rotatable bonds is 9. The van der Waals surface area contributed by atoms with E-state index in [1.807, 2.05) is 23.5 Å². The summed E-state index contributed by atoms with van der Waals surface area (Å²) >= 11 is 3.79. The van der Waals surface area contributed by atoms with Gasteiger partial charge in [0.15, 0.2) is 0 Å². The van der Waals surface area contributed by atoms with Crippen LogP contribution in [-0.2, 0) is 19.1 Å². The predicted molar refractivity (Wildman–Crippen MR) is 77.3 cm³/mol. The van der Waals surface area contributed by atoms with E-state index in [-0.39, 0.29) is 29.7 Å². The molecule has 0 amide bonds. The Morgan fingerprint density at radius 1 is 1.11 bits per heavy atom. The first-order chi connectivity index (χ1) is 9.24. The molecule has 4 nitrogen and oxygen atoms in total. The molecule has 19 heavy (non-hydrogen) atoms. The molecule has 108 valence electrons. The fourth-order valence-corrected chi connectivity index (χ4v) is 4.30. The lowest BCUT2D eigenvalue weighted by molar-refractivity contribution is -0.186. The minimum Gasteiger partial charge on any atom is -0.464 e. The van der Waals surface area contributed by atoms with Crippen LogP contribution in [0.25, 0.3) is 0 Å². The van der Waals surface area contributed by atoms with Crippen LogP contribution >= 0.6 is 23.5 Å². The monoisotopic (exact) mass is 304 g/mol. The van der Waals surface area contributed by atoms with Gasteiger partial charge in [-0.05, 0) is 29.4 Å². The van der Waals surface area contributed by atoms with E-state index in [0.29, 0.717) is 13.2 Å². The van der Waals surface area contributed by atoms with E-state index in [0.717, 1.165) is 17.3 Å². The quantitative estimate of drug-likeness (QED) is 0.478. The summed E-state index contributed by atoms with van der Waals surface area (Å²) in [7, 11) is 0. The second kappa shape index (κ2) is 7.43. The van der Waals surface area contributed by atoms with Gasteiger partial charge in [0.05, 0.1) is 11.8 Å². The van der Waals surface area contributed by atoms with Gasteiger partial charge in [-0.25, -0.2) is 0 Å². The Labute approximate surface area is 122 Å². The first kappa shape index (κ1) is 15.0. The van der Waals surface area contributed by atoms with Gasteiger partial charge in [-0.15, -0.1) is 0 Å².